The summed E-state index contributed by atoms with van der Waals surface area (Å²) in [5, 5.41) is 3.86. The summed E-state index contributed by atoms with van der Waals surface area (Å²) in [6, 6.07) is 1.81. The number of aromatic nitrogens is 4. The van der Waals surface area contributed by atoms with Gasteiger partial charge in [0.2, 0.25) is 0 Å². The molecule has 3 rings (SSSR count). The summed E-state index contributed by atoms with van der Waals surface area (Å²) in [6.07, 6.45) is 1.79. The molecule has 3 heterocycles. The van der Waals surface area contributed by atoms with Crippen LogP contribution in [0.25, 0.3) is 0 Å². The highest BCUT2D eigenvalue weighted by molar-refractivity contribution is 5.40. The van der Waals surface area contributed by atoms with Gasteiger partial charge in [-0.15, -0.1) is 0 Å². The molecule has 1 fully saturated rings. The topological polar surface area (TPSA) is 77.2 Å². The maximum absolute atomic E-state index is 5.56. The molecule has 0 bridgehead atoms. The molecule has 112 valence electrons. The highest BCUT2D eigenvalue weighted by Crippen LogP contribution is 2.28. The molecule has 0 radical (unpaired) electrons. The number of hydrogen-bond donors (Lipinski definition) is 0. The zero-order valence-electron chi connectivity index (χ0n) is 12.5. The van der Waals surface area contributed by atoms with Crippen molar-refractivity contribution in [3.63, 3.8) is 0 Å². The standard InChI is InChI=1S/C14H19N5O2/c1-9(2)13-15-5-4-12(17-13)19-6-7-20-8-11(19)14-16-10(3)18-21-14/h4-5,9,11H,6-8H2,1-3H3/t11-/m1/s1. The van der Waals surface area contributed by atoms with Crippen molar-refractivity contribution >= 4 is 5.82 Å². The predicted molar refractivity (Wildman–Crippen MR) is 76.1 cm³/mol. The number of ether oxygens (including phenoxy) is 1. The minimum atomic E-state index is -0.102. The van der Waals surface area contributed by atoms with Gasteiger partial charge < -0.3 is 14.2 Å². The molecule has 7 nitrogen and oxygen atoms in total. The Bertz CT molecular complexity index is 613. The second kappa shape index (κ2) is 5.77. The van der Waals surface area contributed by atoms with Crippen LogP contribution >= 0.6 is 0 Å². The van der Waals surface area contributed by atoms with Crippen molar-refractivity contribution in [2.24, 2.45) is 0 Å². The van der Waals surface area contributed by atoms with Gasteiger partial charge in [0.1, 0.15) is 17.7 Å². The molecule has 1 aliphatic rings. The SMILES string of the molecule is Cc1noc([C@H]2COCCN2c2ccnc(C(C)C)n2)n1. The molecule has 21 heavy (non-hydrogen) atoms. The fourth-order valence-electron chi connectivity index (χ4n) is 2.33. The molecule has 0 amide bonds. The molecule has 0 spiro atoms. The van der Waals surface area contributed by atoms with Crippen LogP contribution in [0.15, 0.2) is 16.8 Å². The smallest absolute Gasteiger partial charge is 0.251 e. The lowest BCUT2D eigenvalue weighted by molar-refractivity contribution is 0.0833. The zero-order chi connectivity index (χ0) is 14.8. The van der Waals surface area contributed by atoms with Gasteiger partial charge in [-0.1, -0.05) is 19.0 Å². The second-order valence-electron chi connectivity index (χ2n) is 5.39. The van der Waals surface area contributed by atoms with Crippen LogP contribution in [0.4, 0.5) is 5.82 Å². The first-order chi connectivity index (χ1) is 10.1. The van der Waals surface area contributed by atoms with Crippen molar-refractivity contribution in [1.82, 2.24) is 20.1 Å². The van der Waals surface area contributed by atoms with Gasteiger partial charge in [0, 0.05) is 18.7 Å². The highest BCUT2D eigenvalue weighted by atomic mass is 16.5. The van der Waals surface area contributed by atoms with E-state index in [1.807, 2.05) is 13.0 Å². The molecular weight excluding hydrogens is 270 g/mol. The van der Waals surface area contributed by atoms with Gasteiger partial charge in [-0.25, -0.2) is 9.97 Å². The summed E-state index contributed by atoms with van der Waals surface area (Å²) < 4.78 is 10.9. The van der Waals surface area contributed by atoms with E-state index in [1.54, 1.807) is 6.20 Å². The van der Waals surface area contributed by atoms with Gasteiger partial charge in [0.15, 0.2) is 5.82 Å². The molecule has 0 saturated carbocycles. The van der Waals surface area contributed by atoms with Crippen LogP contribution in [0, 0.1) is 6.92 Å². The van der Waals surface area contributed by atoms with Gasteiger partial charge >= 0.3 is 0 Å². The van der Waals surface area contributed by atoms with E-state index in [0.717, 1.165) is 18.2 Å². The summed E-state index contributed by atoms with van der Waals surface area (Å²) in [5.41, 5.74) is 0. The minimum Gasteiger partial charge on any atom is -0.377 e. The van der Waals surface area contributed by atoms with Crippen molar-refractivity contribution in [1.29, 1.82) is 0 Å². The van der Waals surface area contributed by atoms with Gasteiger partial charge in [-0.05, 0) is 13.0 Å². The lowest BCUT2D eigenvalue weighted by atomic mass is 10.2. The van der Waals surface area contributed by atoms with Crippen molar-refractivity contribution < 1.29 is 9.26 Å². The van der Waals surface area contributed by atoms with Crippen molar-refractivity contribution in [2.45, 2.75) is 32.7 Å². The first-order valence-corrected chi connectivity index (χ1v) is 7.12. The molecule has 0 N–H and O–H groups in total. The van der Waals surface area contributed by atoms with Crippen LogP contribution in [0.5, 0.6) is 0 Å². The Morgan fingerprint density at radius 2 is 2.19 bits per heavy atom. The third kappa shape index (κ3) is 2.87. The molecule has 2 aromatic rings. The predicted octanol–water partition coefficient (Wildman–Crippen LogP) is 1.87. The fraction of sp³-hybridized carbons (Fsp3) is 0.571. The lowest BCUT2D eigenvalue weighted by Crippen LogP contribution is -2.40. The zero-order valence-corrected chi connectivity index (χ0v) is 12.5. The molecule has 2 aromatic heterocycles. The summed E-state index contributed by atoms with van der Waals surface area (Å²) in [7, 11) is 0. The van der Waals surface area contributed by atoms with E-state index in [2.05, 4.69) is 38.9 Å². The Kier molecular flexibility index (Phi) is 3.83. The quantitative estimate of drug-likeness (QED) is 0.853. The monoisotopic (exact) mass is 289 g/mol. The van der Waals surface area contributed by atoms with Crippen LogP contribution in [-0.2, 0) is 4.74 Å². The average Bonchev–Trinajstić information content (AvgIpc) is 2.94. The van der Waals surface area contributed by atoms with Gasteiger partial charge in [-0.3, -0.25) is 0 Å². The average molecular weight is 289 g/mol. The van der Waals surface area contributed by atoms with E-state index in [0.29, 0.717) is 24.9 Å². The summed E-state index contributed by atoms with van der Waals surface area (Å²) in [5.74, 6) is 3.19. The van der Waals surface area contributed by atoms with Gasteiger partial charge in [0.25, 0.3) is 5.89 Å². The molecular formula is C14H19N5O2. The second-order valence-corrected chi connectivity index (χ2v) is 5.39. The summed E-state index contributed by atoms with van der Waals surface area (Å²) in [4.78, 5) is 15.4. The Hall–Kier alpha value is -2.02. The van der Waals surface area contributed by atoms with Crippen molar-refractivity contribution in [3.8, 4) is 0 Å². The van der Waals surface area contributed by atoms with E-state index >= 15 is 0 Å². The normalized spacial score (nSPS) is 19.2. The van der Waals surface area contributed by atoms with Crippen molar-refractivity contribution in [3.05, 3.63) is 29.8 Å². The third-order valence-electron chi connectivity index (χ3n) is 3.43. The van der Waals surface area contributed by atoms with Gasteiger partial charge in [-0.2, -0.15) is 4.98 Å². The van der Waals surface area contributed by atoms with E-state index in [9.17, 15) is 0 Å². The van der Waals surface area contributed by atoms with Crippen LogP contribution in [-0.4, -0.2) is 39.9 Å². The number of nitrogens with zero attached hydrogens (tertiary/aromatic N) is 5. The third-order valence-corrected chi connectivity index (χ3v) is 3.43. The van der Waals surface area contributed by atoms with Crippen molar-refractivity contribution in [2.75, 3.05) is 24.7 Å². The van der Waals surface area contributed by atoms with Gasteiger partial charge in [0.05, 0.1) is 13.2 Å². The summed E-state index contributed by atoms with van der Waals surface area (Å²) >= 11 is 0. The lowest BCUT2D eigenvalue weighted by Gasteiger charge is -2.34. The number of aryl methyl sites for hydroxylation is 1. The Morgan fingerprint density at radius 1 is 1.33 bits per heavy atom. The Balaban J connectivity index is 1.92. The van der Waals surface area contributed by atoms with Crippen LogP contribution in [0.3, 0.4) is 0 Å². The largest absolute Gasteiger partial charge is 0.377 e. The number of morpholine rings is 1. The first-order valence-electron chi connectivity index (χ1n) is 7.12. The maximum atomic E-state index is 5.56. The highest BCUT2D eigenvalue weighted by Gasteiger charge is 2.30. The summed E-state index contributed by atoms with van der Waals surface area (Å²) in [6.45, 7) is 7.88. The van der Waals surface area contributed by atoms with E-state index < -0.39 is 0 Å². The minimum absolute atomic E-state index is 0.102. The Morgan fingerprint density at radius 3 is 2.90 bits per heavy atom. The molecule has 0 aliphatic carbocycles. The fourth-order valence-corrected chi connectivity index (χ4v) is 2.33. The van der Waals surface area contributed by atoms with Crippen LogP contribution < -0.4 is 4.90 Å². The number of anilines is 1. The van der Waals surface area contributed by atoms with E-state index in [-0.39, 0.29) is 12.0 Å². The number of hydrogen-bond acceptors (Lipinski definition) is 7. The first kappa shape index (κ1) is 13.9. The molecule has 1 aliphatic heterocycles. The molecule has 0 aromatic carbocycles. The van der Waals surface area contributed by atoms with E-state index in [4.69, 9.17) is 9.26 Å². The molecule has 1 saturated heterocycles. The molecule has 7 heteroatoms. The Labute approximate surface area is 123 Å². The van der Waals surface area contributed by atoms with Crippen LogP contribution in [0.1, 0.15) is 43.3 Å². The molecule has 1 atom stereocenters. The molecule has 0 unspecified atom stereocenters. The maximum Gasteiger partial charge on any atom is 0.251 e. The number of rotatable bonds is 3. The van der Waals surface area contributed by atoms with E-state index in [1.165, 1.54) is 0 Å². The van der Waals surface area contributed by atoms with Crippen LogP contribution in [0.2, 0.25) is 0 Å².